The third kappa shape index (κ3) is 3.05. The molecule has 1 fully saturated rings. The zero-order chi connectivity index (χ0) is 11.5. The Hall–Kier alpha value is 0.0600. The Morgan fingerprint density at radius 1 is 1.00 bits per heavy atom. The average Bonchev–Trinajstić information content (AvgIpc) is 2.68. The van der Waals surface area contributed by atoms with Crippen molar-refractivity contribution in [1.29, 1.82) is 0 Å². The molecule has 1 aliphatic rings. The summed E-state index contributed by atoms with van der Waals surface area (Å²) < 4.78 is 2.86. The van der Waals surface area contributed by atoms with Gasteiger partial charge in [0.05, 0.1) is 0 Å². The summed E-state index contributed by atoms with van der Waals surface area (Å²) >= 11 is 10.4. The van der Waals surface area contributed by atoms with Crippen molar-refractivity contribution in [2.45, 2.75) is 12.8 Å². The Balaban J connectivity index is 2.20. The third-order valence-corrected chi connectivity index (χ3v) is 4.00. The molecule has 0 unspecified atom stereocenters. The maximum atomic E-state index is 4.26. The molecule has 2 rings (SSSR count). The molecule has 0 saturated carbocycles. The van der Waals surface area contributed by atoms with Gasteiger partial charge in [0.25, 0.3) is 0 Å². The van der Waals surface area contributed by atoms with Crippen molar-refractivity contribution in [3.05, 3.63) is 25.6 Å². The van der Waals surface area contributed by atoms with Gasteiger partial charge in [0.2, 0.25) is 0 Å². The standard InChI is InChI=1S/C10H10Br3N3/c11-7-5-8(12)10(9(13)6-7)14-15-16-3-1-2-4-16/h5-6H,1-4H2. The second-order valence-electron chi connectivity index (χ2n) is 3.57. The smallest absolute Gasteiger partial charge is 0.116 e. The van der Waals surface area contributed by atoms with E-state index in [1.165, 1.54) is 12.8 Å². The summed E-state index contributed by atoms with van der Waals surface area (Å²) in [6.07, 6.45) is 2.42. The fourth-order valence-electron chi connectivity index (χ4n) is 1.53. The Morgan fingerprint density at radius 2 is 1.56 bits per heavy atom. The average molecular weight is 412 g/mol. The first-order valence-electron chi connectivity index (χ1n) is 4.98. The highest BCUT2D eigenvalue weighted by atomic mass is 79.9. The van der Waals surface area contributed by atoms with E-state index < -0.39 is 0 Å². The van der Waals surface area contributed by atoms with Crippen molar-refractivity contribution in [3.8, 4) is 0 Å². The van der Waals surface area contributed by atoms with Crippen LogP contribution in [0.5, 0.6) is 0 Å². The van der Waals surface area contributed by atoms with Gasteiger partial charge in [-0.2, -0.15) is 0 Å². The minimum absolute atomic E-state index is 0.829. The highest BCUT2D eigenvalue weighted by Gasteiger charge is 2.10. The first-order valence-corrected chi connectivity index (χ1v) is 7.36. The molecule has 0 atom stereocenters. The van der Waals surface area contributed by atoms with Crippen LogP contribution in [0.3, 0.4) is 0 Å². The minimum Gasteiger partial charge on any atom is -0.278 e. The van der Waals surface area contributed by atoms with Crippen LogP contribution < -0.4 is 0 Å². The molecule has 0 bridgehead atoms. The van der Waals surface area contributed by atoms with Gasteiger partial charge in [-0.05, 0) is 56.8 Å². The molecule has 1 aromatic carbocycles. The van der Waals surface area contributed by atoms with Gasteiger partial charge in [0.15, 0.2) is 0 Å². The number of halogens is 3. The van der Waals surface area contributed by atoms with E-state index in [4.69, 9.17) is 0 Å². The summed E-state index contributed by atoms with van der Waals surface area (Å²) in [5.41, 5.74) is 0.829. The van der Waals surface area contributed by atoms with Crippen molar-refractivity contribution in [2.24, 2.45) is 10.3 Å². The molecule has 0 aliphatic carbocycles. The first kappa shape index (κ1) is 12.5. The number of benzene rings is 1. The highest BCUT2D eigenvalue weighted by Crippen LogP contribution is 2.36. The van der Waals surface area contributed by atoms with Gasteiger partial charge >= 0.3 is 0 Å². The minimum atomic E-state index is 0.829. The highest BCUT2D eigenvalue weighted by molar-refractivity contribution is 9.11. The predicted molar refractivity (Wildman–Crippen MR) is 74.9 cm³/mol. The van der Waals surface area contributed by atoms with E-state index in [2.05, 4.69) is 58.1 Å². The van der Waals surface area contributed by atoms with Crippen LogP contribution in [0, 0.1) is 0 Å². The Labute approximate surface area is 120 Å². The molecule has 16 heavy (non-hydrogen) atoms. The molecule has 0 aromatic heterocycles. The van der Waals surface area contributed by atoms with E-state index >= 15 is 0 Å². The largest absolute Gasteiger partial charge is 0.278 e. The zero-order valence-corrected chi connectivity index (χ0v) is 13.2. The lowest BCUT2D eigenvalue weighted by molar-refractivity contribution is 0.336. The van der Waals surface area contributed by atoms with Gasteiger partial charge in [-0.15, -0.1) is 5.11 Å². The van der Waals surface area contributed by atoms with Crippen molar-refractivity contribution >= 4 is 53.5 Å². The second-order valence-corrected chi connectivity index (χ2v) is 6.19. The molecular weight excluding hydrogens is 402 g/mol. The lowest BCUT2D eigenvalue weighted by Crippen LogP contribution is -2.09. The lowest BCUT2D eigenvalue weighted by atomic mass is 10.3. The quantitative estimate of drug-likeness (QED) is 0.624. The molecule has 1 aromatic rings. The molecule has 86 valence electrons. The van der Waals surface area contributed by atoms with E-state index in [0.29, 0.717) is 0 Å². The molecule has 0 spiro atoms. The van der Waals surface area contributed by atoms with Crippen LogP contribution in [0.2, 0.25) is 0 Å². The van der Waals surface area contributed by atoms with Gasteiger partial charge in [0, 0.05) is 26.5 Å². The van der Waals surface area contributed by atoms with Crippen LogP contribution in [0.1, 0.15) is 12.8 Å². The number of hydrogen-bond donors (Lipinski definition) is 0. The fourth-order valence-corrected chi connectivity index (χ4v) is 3.95. The van der Waals surface area contributed by atoms with E-state index in [-0.39, 0.29) is 0 Å². The topological polar surface area (TPSA) is 28.0 Å². The van der Waals surface area contributed by atoms with Crippen molar-refractivity contribution in [1.82, 2.24) is 5.01 Å². The van der Waals surface area contributed by atoms with Crippen LogP contribution in [-0.2, 0) is 0 Å². The Morgan fingerprint density at radius 3 is 2.12 bits per heavy atom. The lowest BCUT2D eigenvalue weighted by Gasteiger charge is -2.08. The van der Waals surface area contributed by atoms with Crippen molar-refractivity contribution in [3.63, 3.8) is 0 Å². The molecular formula is C10H10Br3N3. The summed E-state index contributed by atoms with van der Waals surface area (Å²) in [4.78, 5) is 0. The fraction of sp³-hybridized carbons (Fsp3) is 0.400. The molecule has 1 saturated heterocycles. The van der Waals surface area contributed by atoms with E-state index in [0.717, 1.165) is 32.2 Å². The molecule has 6 heteroatoms. The number of nitrogens with zero attached hydrogens (tertiary/aromatic N) is 3. The monoisotopic (exact) mass is 409 g/mol. The maximum absolute atomic E-state index is 4.26. The maximum Gasteiger partial charge on any atom is 0.116 e. The first-order chi connectivity index (χ1) is 7.66. The normalized spacial score (nSPS) is 16.3. The summed E-state index contributed by atoms with van der Waals surface area (Å²) in [5.74, 6) is 0. The summed E-state index contributed by atoms with van der Waals surface area (Å²) in [6.45, 7) is 2.02. The summed E-state index contributed by atoms with van der Waals surface area (Å²) in [6, 6.07) is 3.92. The SMILES string of the molecule is Brc1cc(Br)c(N=NN2CCCC2)c(Br)c1. The van der Waals surface area contributed by atoms with Gasteiger partial charge in [-0.1, -0.05) is 21.2 Å². The molecule has 3 nitrogen and oxygen atoms in total. The van der Waals surface area contributed by atoms with Crippen LogP contribution in [0.25, 0.3) is 0 Å². The molecule has 1 aliphatic heterocycles. The van der Waals surface area contributed by atoms with E-state index in [9.17, 15) is 0 Å². The molecule has 0 amide bonds. The van der Waals surface area contributed by atoms with Crippen LogP contribution in [0.15, 0.2) is 35.9 Å². The van der Waals surface area contributed by atoms with Crippen LogP contribution in [0.4, 0.5) is 5.69 Å². The van der Waals surface area contributed by atoms with Gasteiger partial charge in [0.1, 0.15) is 5.69 Å². The van der Waals surface area contributed by atoms with E-state index in [1.54, 1.807) is 0 Å². The molecule has 0 N–H and O–H groups in total. The van der Waals surface area contributed by atoms with Crippen molar-refractivity contribution in [2.75, 3.05) is 13.1 Å². The Bertz CT molecular complexity index is 391. The number of rotatable bonds is 2. The summed E-state index contributed by atoms with van der Waals surface area (Å²) in [7, 11) is 0. The van der Waals surface area contributed by atoms with Gasteiger partial charge in [-0.25, -0.2) is 0 Å². The summed E-state index contributed by atoms with van der Waals surface area (Å²) in [5, 5.41) is 10.5. The zero-order valence-electron chi connectivity index (χ0n) is 8.46. The Kier molecular flexibility index (Phi) is 4.38. The number of hydrogen-bond acceptors (Lipinski definition) is 2. The third-order valence-electron chi connectivity index (χ3n) is 2.34. The van der Waals surface area contributed by atoms with Crippen LogP contribution >= 0.6 is 47.8 Å². The van der Waals surface area contributed by atoms with E-state index in [1.807, 2.05) is 17.1 Å². The van der Waals surface area contributed by atoms with Gasteiger partial charge < -0.3 is 0 Å². The predicted octanol–water partition coefficient (Wildman–Crippen LogP) is 5.07. The molecule has 0 radical (unpaired) electrons. The second kappa shape index (κ2) is 5.60. The van der Waals surface area contributed by atoms with Crippen LogP contribution in [-0.4, -0.2) is 18.1 Å². The molecule has 1 heterocycles. The van der Waals surface area contributed by atoms with Gasteiger partial charge in [-0.3, -0.25) is 5.01 Å². The van der Waals surface area contributed by atoms with Crippen molar-refractivity contribution < 1.29 is 0 Å².